The third kappa shape index (κ3) is 4.55. The summed E-state index contributed by atoms with van der Waals surface area (Å²) in [5, 5.41) is 3.39. The predicted octanol–water partition coefficient (Wildman–Crippen LogP) is 2.95. The molecule has 1 aliphatic heterocycles. The summed E-state index contributed by atoms with van der Waals surface area (Å²) >= 11 is 0. The van der Waals surface area contributed by atoms with Crippen molar-refractivity contribution in [1.29, 1.82) is 0 Å². The molecule has 2 aromatic carbocycles. The summed E-state index contributed by atoms with van der Waals surface area (Å²) in [5.41, 5.74) is 10.2. The zero-order valence-corrected chi connectivity index (χ0v) is 17.1. The molecule has 1 aliphatic rings. The van der Waals surface area contributed by atoms with Crippen molar-refractivity contribution < 1.29 is 4.79 Å². The van der Waals surface area contributed by atoms with Gasteiger partial charge in [-0.25, -0.2) is 9.97 Å². The summed E-state index contributed by atoms with van der Waals surface area (Å²) in [6.45, 7) is 2.43. The second-order valence-electron chi connectivity index (χ2n) is 7.01. The van der Waals surface area contributed by atoms with Crippen molar-refractivity contribution in [3.63, 3.8) is 0 Å². The van der Waals surface area contributed by atoms with E-state index in [2.05, 4.69) is 29.4 Å². The van der Waals surface area contributed by atoms with Crippen molar-refractivity contribution >= 4 is 24.1 Å². The number of rotatable bonds is 5. The van der Waals surface area contributed by atoms with Crippen LogP contribution in [-0.2, 0) is 19.5 Å². The standard InChI is InChI=1S/C22H23N5O.ClH/c1-27(14-15-5-3-2-4-6-15)22-18-11-12-24-13-19(18)25-21(26-22)17-9-7-16(8-10-17)20(23)28;/h2-10,24H,11-14H2,1H3,(H2,23,28);1H. The Morgan fingerprint density at radius 3 is 2.52 bits per heavy atom. The minimum atomic E-state index is -0.439. The van der Waals surface area contributed by atoms with Crippen molar-refractivity contribution in [3.05, 3.63) is 77.0 Å². The van der Waals surface area contributed by atoms with E-state index in [0.717, 1.165) is 43.1 Å². The van der Waals surface area contributed by atoms with E-state index < -0.39 is 5.91 Å². The van der Waals surface area contributed by atoms with Gasteiger partial charge in [0.25, 0.3) is 0 Å². The molecule has 6 nitrogen and oxygen atoms in total. The SMILES string of the molecule is CN(Cc1ccccc1)c1nc(-c2ccc(C(N)=O)cc2)nc2c1CCNC2.Cl. The summed E-state index contributed by atoms with van der Waals surface area (Å²) in [6, 6.07) is 17.5. The number of primary amides is 1. The maximum Gasteiger partial charge on any atom is 0.248 e. The van der Waals surface area contributed by atoms with E-state index in [1.54, 1.807) is 12.1 Å². The summed E-state index contributed by atoms with van der Waals surface area (Å²) in [4.78, 5) is 23.2. The van der Waals surface area contributed by atoms with Crippen molar-refractivity contribution in [3.8, 4) is 11.4 Å². The molecule has 3 aromatic rings. The zero-order valence-electron chi connectivity index (χ0n) is 16.3. The average Bonchev–Trinajstić information content (AvgIpc) is 2.73. The Labute approximate surface area is 176 Å². The normalized spacial score (nSPS) is 12.6. The van der Waals surface area contributed by atoms with E-state index in [0.29, 0.717) is 11.4 Å². The highest BCUT2D eigenvalue weighted by Gasteiger charge is 2.20. The molecule has 29 heavy (non-hydrogen) atoms. The van der Waals surface area contributed by atoms with Gasteiger partial charge in [-0.1, -0.05) is 42.5 Å². The number of anilines is 1. The molecule has 0 aliphatic carbocycles. The molecule has 0 bridgehead atoms. The molecule has 0 saturated heterocycles. The van der Waals surface area contributed by atoms with Crippen molar-refractivity contribution in [2.45, 2.75) is 19.5 Å². The van der Waals surface area contributed by atoms with Crippen LogP contribution in [0.3, 0.4) is 0 Å². The number of amides is 1. The molecule has 3 N–H and O–H groups in total. The number of nitrogens with one attached hydrogen (secondary N) is 1. The van der Waals surface area contributed by atoms with Gasteiger partial charge < -0.3 is 16.0 Å². The second kappa shape index (κ2) is 9.03. The van der Waals surface area contributed by atoms with Crippen LogP contribution in [0.15, 0.2) is 54.6 Å². The van der Waals surface area contributed by atoms with Gasteiger partial charge in [0.2, 0.25) is 5.91 Å². The molecule has 2 heterocycles. The Morgan fingerprint density at radius 2 is 1.83 bits per heavy atom. The van der Waals surface area contributed by atoms with Gasteiger partial charge in [0.1, 0.15) is 5.82 Å². The number of nitrogens with two attached hydrogens (primary N) is 1. The van der Waals surface area contributed by atoms with E-state index in [4.69, 9.17) is 15.7 Å². The number of carbonyl (C=O) groups is 1. The highest BCUT2D eigenvalue weighted by Crippen LogP contribution is 2.28. The largest absolute Gasteiger partial charge is 0.366 e. The molecule has 1 amide bonds. The Hall–Kier alpha value is -2.96. The van der Waals surface area contributed by atoms with Crippen LogP contribution in [-0.4, -0.2) is 29.5 Å². The minimum absolute atomic E-state index is 0. The van der Waals surface area contributed by atoms with Crippen molar-refractivity contribution in [1.82, 2.24) is 15.3 Å². The first-order valence-electron chi connectivity index (χ1n) is 9.37. The third-order valence-electron chi connectivity index (χ3n) is 4.97. The highest BCUT2D eigenvalue weighted by atomic mass is 35.5. The zero-order chi connectivity index (χ0) is 19.5. The molecule has 4 rings (SSSR count). The van der Waals surface area contributed by atoms with Gasteiger partial charge in [-0.15, -0.1) is 12.4 Å². The molecular formula is C22H24ClN5O. The van der Waals surface area contributed by atoms with Gasteiger partial charge in [-0.2, -0.15) is 0 Å². The number of hydrogen-bond donors (Lipinski definition) is 2. The molecule has 150 valence electrons. The second-order valence-corrected chi connectivity index (χ2v) is 7.01. The monoisotopic (exact) mass is 409 g/mol. The predicted molar refractivity (Wildman–Crippen MR) is 117 cm³/mol. The summed E-state index contributed by atoms with van der Waals surface area (Å²) in [6.07, 6.45) is 0.907. The summed E-state index contributed by atoms with van der Waals surface area (Å²) in [5.74, 6) is 1.18. The fraction of sp³-hybridized carbons (Fsp3) is 0.227. The Balaban J connectivity index is 0.00000240. The van der Waals surface area contributed by atoms with E-state index in [1.165, 1.54) is 11.1 Å². The molecule has 0 radical (unpaired) electrons. The van der Waals surface area contributed by atoms with Crippen LogP contribution >= 0.6 is 12.4 Å². The van der Waals surface area contributed by atoms with E-state index >= 15 is 0 Å². The van der Waals surface area contributed by atoms with Crippen LogP contribution < -0.4 is 16.0 Å². The Kier molecular flexibility index (Phi) is 6.46. The van der Waals surface area contributed by atoms with Crippen LogP contribution in [0.4, 0.5) is 5.82 Å². The van der Waals surface area contributed by atoms with Gasteiger partial charge in [-0.3, -0.25) is 4.79 Å². The lowest BCUT2D eigenvalue weighted by Crippen LogP contribution is -2.29. The van der Waals surface area contributed by atoms with Crippen LogP contribution in [0.2, 0.25) is 0 Å². The highest BCUT2D eigenvalue weighted by molar-refractivity contribution is 5.93. The number of aromatic nitrogens is 2. The van der Waals surface area contributed by atoms with E-state index in [-0.39, 0.29) is 12.4 Å². The smallest absolute Gasteiger partial charge is 0.248 e. The van der Waals surface area contributed by atoms with Gasteiger partial charge in [0, 0.05) is 36.8 Å². The Morgan fingerprint density at radius 1 is 1.10 bits per heavy atom. The summed E-state index contributed by atoms with van der Waals surface area (Å²) in [7, 11) is 2.07. The fourth-order valence-electron chi connectivity index (χ4n) is 3.50. The molecule has 0 spiro atoms. The lowest BCUT2D eigenvalue weighted by atomic mass is 10.0. The lowest BCUT2D eigenvalue weighted by Gasteiger charge is -2.26. The maximum absolute atomic E-state index is 11.3. The van der Waals surface area contributed by atoms with Gasteiger partial charge in [0.15, 0.2) is 5.82 Å². The first-order valence-corrected chi connectivity index (χ1v) is 9.37. The molecule has 7 heteroatoms. The fourth-order valence-corrected chi connectivity index (χ4v) is 3.50. The van der Waals surface area contributed by atoms with Crippen LogP contribution in [0.1, 0.15) is 27.2 Å². The van der Waals surface area contributed by atoms with Gasteiger partial charge in [0.05, 0.1) is 5.69 Å². The molecule has 0 unspecified atom stereocenters. The molecule has 0 atom stereocenters. The number of halogens is 1. The number of hydrogen-bond acceptors (Lipinski definition) is 5. The topological polar surface area (TPSA) is 84.1 Å². The summed E-state index contributed by atoms with van der Waals surface area (Å²) < 4.78 is 0. The number of benzene rings is 2. The van der Waals surface area contributed by atoms with Gasteiger partial charge >= 0.3 is 0 Å². The average molecular weight is 410 g/mol. The van der Waals surface area contributed by atoms with Crippen LogP contribution in [0.5, 0.6) is 0 Å². The van der Waals surface area contributed by atoms with E-state index in [9.17, 15) is 4.79 Å². The lowest BCUT2D eigenvalue weighted by molar-refractivity contribution is 0.100. The first kappa shape index (κ1) is 20.8. The first-order chi connectivity index (χ1) is 13.6. The number of fused-ring (bicyclic) bond motifs is 1. The minimum Gasteiger partial charge on any atom is -0.366 e. The maximum atomic E-state index is 11.3. The van der Waals surface area contributed by atoms with Crippen LogP contribution in [0, 0.1) is 0 Å². The van der Waals surface area contributed by atoms with Crippen molar-refractivity contribution in [2.24, 2.45) is 5.73 Å². The molecule has 1 aromatic heterocycles. The molecular weight excluding hydrogens is 386 g/mol. The quantitative estimate of drug-likeness (QED) is 0.676. The van der Waals surface area contributed by atoms with Crippen molar-refractivity contribution in [2.75, 3.05) is 18.5 Å². The van der Waals surface area contributed by atoms with E-state index in [1.807, 2.05) is 30.3 Å². The van der Waals surface area contributed by atoms with Gasteiger partial charge in [-0.05, 0) is 30.7 Å². The number of nitrogens with zero attached hydrogens (tertiary/aromatic N) is 3. The molecule has 0 fully saturated rings. The Bertz CT molecular complexity index is 992. The molecule has 0 saturated carbocycles. The third-order valence-corrected chi connectivity index (χ3v) is 4.97. The van der Waals surface area contributed by atoms with Crippen LogP contribution in [0.25, 0.3) is 11.4 Å². The number of carbonyl (C=O) groups excluding carboxylic acids is 1.